The maximum absolute atomic E-state index is 12.9. The molecule has 0 aromatic heterocycles. The number of carbonyl (C=O) groups is 2. The lowest BCUT2D eigenvalue weighted by Crippen LogP contribution is -2.40. The van der Waals surface area contributed by atoms with Gasteiger partial charge >= 0.3 is 11.9 Å². The predicted octanol–water partition coefficient (Wildman–Crippen LogP) is 2.48. The van der Waals surface area contributed by atoms with Crippen LogP contribution in [0.3, 0.4) is 0 Å². The molecule has 0 spiro atoms. The summed E-state index contributed by atoms with van der Waals surface area (Å²) in [5.74, 6) is -1.23. The second kappa shape index (κ2) is 10.2. The van der Waals surface area contributed by atoms with Crippen LogP contribution >= 0.6 is 15.9 Å². The largest absolute Gasteiger partial charge is 0.458 e. The fraction of sp³-hybridized carbons (Fsp3) is 0.300. The molecule has 30 heavy (non-hydrogen) atoms. The van der Waals surface area contributed by atoms with Gasteiger partial charge in [0, 0.05) is 17.6 Å². The third-order valence-electron chi connectivity index (χ3n) is 4.31. The normalized spacial score (nSPS) is 14.8. The molecule has 1 saturated heterocycles. The van der Waals surface area contributed by atoms with Gasteiger partial charge in [-0.2, -0.15) is 4.31 Å². The molecule has 8 nitrogen and oxygen atoms in total. The number of benzene rings is 2. The number of rotatable bonds is 7. The second-order valence-electron chi connectivity index (χ2n) is 6.30. The first kappa shape index (κ1) is 22.4. The Hall–Kier alpha value is -2.27. The first-order valence-corrected chi connectivity index (χ1v) is 11.4. The van der Waals surface area contributed by atoms with E-state index in [4.69, 9.17) is 14.2 Å². The van der Waals surface area contributed by atoms with Crippen molar-refractivity contribution < 1.29 is 32.2 Å². The molecule has 0 atom stereocenters. The van der Waals surface area contributed by atoms with Crippen molar-refractivity contribution in [3.63, 3.8) is 0 Å². The zero-order chi connectivity index (χ0) is 21.6. The Bertz CT molecular complexity index is 1010. The summed E-state index contributed by atoms with van der Waals surface area (Å²) in [6, 6.07) is 12.7. The topological polar surface area (TPSA) is 99.2 Å². The molecule has 0 unspecified atom stereocenters. The molecule has 2 aromatic carbocycles. The van der Waals surface area contributed by atoms with Gasteiger partial charge in [0.2, 0.25) is 10.0 Å². The van der Waals surface area contributed by atoms with Crippen molar-refractivity contribution in [3.8, 4) is 0 Å². The highest BCUT2D eigenvalue weighted by atomic mass is 79.9. The smallest absolute Gasteiger partial charge is 0.338 e. The summed E-state index contributed by atoms with van der Waals surface area (Å²) in [6.07, 6.45) is 0. The van der Waals surface area contributed by atoms with E-state index in [0.717, 1.165) is 0 Å². The lowest BCUT2D eigenvalue weighted by Gasteiger charge is -2.26. The number of hydrogen-bond acceptors (Lipinski definition) is 7. The number of hydrogen-bond donors (Lipinski definition) is 0. The molecular weight excluding hydrogens is 478 g/mol. The molecular formula is C20H20BrNO7S. The van der Waals surface area contributed by atoms with Crippen LogP contribution in [0.4, 0.5) is 0 Å². The first-order chi connectivity index (χ1) is 14.4. The predicted molar refractivity (Wildman–Crippen MR) is 111 cm³/mol. The number of sulfonamides is 1. The van der Waals surface area contributed by atoms with E-state index < -0.39 is 22.0 Å². The zero-order valence-electron chi connectivity index (χ0n) is 16.0. The molecule has 10 heteroatoms. The Morgan fingerprint density at radius 3 is 2.17 bits per heavy atom. The van der Waals surface area contributed by atoms with Gasteiger partial charge in [0.05, 0.1) is 29.2 Å². The van der Waals surface area contributed by atoms with Crippen molar-refractivity contribution in [2.75, 3.05) is 39.5 Å². The van der Waals surface area contributed by atoms with E-state index in [1.165, 1.54) is 22.5 Å². The summed E-state index contributed by atoms with van der Waals surface area (Å²) in [5, 5.41) is 0. The molecule has 160 valence electrons. The molecule has 0 radical (unpaired) electrons. The lowest BCUT2D eigenvalue weighted by atomic mass is 10.2. The number of nitrogens with zero attached hydrogens (tertiary/aromatic N) is 1. The standard InChI is InChI=1S/C20H20BrNO7S/c21-17-7-6-16(14-18(17)30(25,26)22-8-10-27-11-9-22)20(24)29-13-12-28-19(23)15-4-2-1-3-5-15/h1-7,14H,8-13H2. The molecule has 1 aliphatic heterocycles. The summed E-state index contributed by atoms with van der Waals surface area (Å²) in [7, 11) is -3.79. The molecule has 0 saturated carbocycles. The van der Waals surface area contributed by atoms with Crippen LogP contribution in [0.1, 0.15) is 20.7 Å². The minimum atomic E-state index is -3.79. The van der Waals surface area contributed by atoms with Crippen molar-refractivity contribution in [1.82, 2.24) is 4.31 Å². The monoisotopic (exact) mass is 497 g/mol. The molecule has 1 fully saturated rings. The summed E-state index contributed by atoms with van der Waals surface area (Å²) < 4.78 is 42.8. The van der Waals surface area contributed by atoms with Crippen LogP contribution in [-0.2, 0) is 24.2 Å². The Morgan fingerprint density at radius 1 is 0.933 bits per heavy atom. The van der Waals surface area contributed by atoms with Gasteiger partial charge < -0.3 is 14.2 Å². The number of esters is 2. The highest BCUT2D eigenvalue weighted by molar-refractivity contribution is 9.10. The van der Waals surface area contributed by atoms with E-state index in [0.29, 0.717) is 23.2 Å². The zero-order valence-corrected chi connectivity index (χ0v) is 18.4. The molecule has 0 N–H and O–H groups in total. The second-order valence-corrected chi connectivity index (χ2v) is 9.06. The fourth-order valence-electron chi connectivity index (χ4n) is 2.76. The van der Waals surface area contributed by atoms with E-state index in [1.54, 1.807) is 30.3 Å². The summed E-state index contributed by atoms with van der Waals surface area (Å²) in [5.41, 5.74) is 0.481. The molecule has 0 aliphatic carbocycles. The Labute approximate surface area is 182 Å². The van der Waals surface area contributed by atoms with Crippen molar-refractivity contribution in [1.29, 1.82) is 0 Å². The van der Waals surface area contributed by atoms with Crippen LogP contribution in [-0.4, -0.2) is 64.2 Å². The molecule has 1 aliphatic rings. The van der Waals surface area contributed by atoms with Gasteiger partial charge in [-0.05, 0) is 46.3 Å². The van der Waals surface area contributed by atoms with E-state index in [1.807, 2.05) is 0 Å². The van der Waals surface area contributed by atoms with Crippen molar-refractivity contribution >= 4 is 37.9 Å². The third-order valence-corrected chi connectivity index (χ3v) is 7.21. The van der Waals surface area contributed by atoms with Crippen molar-refractivity contribution in [3.05, 3.63) is 64.1 Å². The third kappa shape index (κ3) is 5.45. The Balaban J connectivity index is 1.60. The highest BCUT2D eigenvalue weighted by Crippen LogP contribution is 2.27. The van der Waals surface area contributed by atoms with Crippen LogP contribution < -0.4 is 0 Å². The number of carbonyl (C=O) groups excluding carboxylic acids is 2. The Kier molecular flexibility index (Phi) is 7.59. The lowest BCUT2D eigenvalue weighted by molar-refractivity contribution is 0.0265. The summed E-state index contributed by atoms with van der Waals surface area (Å²) in [6.45, 7) is 0.862. The maximum atomic E-state index is 12.9. The van der Waals surface area contributed by atoms with Crippen LogP contribution in [0.15, 0.2) is 57.9 Å². The Morgan fingerprint density at radius 2 is 1.53 bits per heavy atom. The molecule has 0 amide bonds. The van der Waals surface area contributed by atoms with Crippen LogP contribution in [0.5, 0.6) is 0 Å². The minimum absolute atomic E-state index is 0.0191. The van der Waals surface area contributed by atoms with Gasteiger partial charge in [0.25, 0.3) is 0 Å². The SMILES string of the molecule is O=C(OCCOC(=O)c1ccc(Br)c(S(=O)(=O)N2CCOCC2)c1)c1ccccc1. The van der Waals surface area contributed by atoms with Gasteiger partial charge in [-0.25, -0.2) is 18.0 Å². The van der Waals surface area contributed by atoms with E-state index >= 15 is 0 Å². The maximum Gasteiger partial charge on any atom is 0.338 e. The van der Waals surface area contributed by atoms with E-state index in [9.17, 15) is 18.0 Å². The van der Waals surface area contributed by atoms with Crippen molar-refractivity contribution in [2.24, 2.45) is 0 Å². The first-order valence-electron chi connectivity index (χ1n) is 9.16. The average Bonchev–Trinajstić information content (AvgIpc) is 2.77. The van der Waals surface area contributed by atoms with Gasteiger partial charge in [-0.1, -0.05) is 18.2 Å². The van der Waals surface area contributed by atoms with Gasteiger partial charge in [0.15, 0.2) is 0 Å². The quantitative estimate of drug-likeness (QED) is 0.427. The van der Waals surface area contributed by atoms with Crippen LogP contribution in [0.2, 0.25) is 0 Å². The number of morpholine rings is 1. The number of ether oxygens (including phenoxy) is 3. The van der Waals surface area contributed by atoms with Crippen LogP contribution in [0, 0.1) is 0 Å². The van der Waals surface area contributed by atoms with Crippen molar-refractivity contribution in [2.45, 2.75) is 4.90 Å². The van der Waals surface area contributed by atoms with Crippen LogP contribution in [0.25, 0.3) is 0 Å². The summed E-state index contributed by atoms with van der Waals surface area (Å²) >= 11 is 3.24. The molecule has 0 bridgehead atoms. The summed E-state index contributed by atoms with van der Waals surface area (Å²) in [4.78, 5) is 24.2. The van der Waals surface area contributed by atoms with E-state index in [2.05, 4.69) is 15.9 Å². The molecule has 1 heterocycles. The average molecular weight is 498 g/mol. The number of halogens is 1. The highest BCUT2D eigenvalue weighted by Gasteiger charge is 2.29. The molecule has 3 rings (SSSR count). The van der Waals surface area contributed by atoms with Gasteiger partial charge in [0.1, 0.15) is 13.2 Å². The fourth-order valence-corrected chi connectivity index (χ4v) is 5.12. The van der Waals surface area contributed by atoms with Gasteiger partial charge in [-0.3, -0.25) is 0 Å². The van der Waals surface area contributed by atoms with E-state index in [-0.39, 0.29) is 36.8 Å². The van der Waals surface area contributed by atoms with Gasteiger partial charge in [-0.15, -0.1) is 0 Å². The molecule has 2 aromatic rings. The minimum Gasteiger partial charge on any atom is -0.458 e.